The number of hydrogen-bond acceptors (Lipinski definition) is 5. The molecule has 48 heavy (non-hydrogen) atoms. The summed E-state index contributed by atoms with van der Waals surface area (Å²) in [5, 5.41) is 4.80. The molecule has 0 bridgehead atoms. The molecule has 4 aromatic carbocycles. The van der Waals surface area contributed by atoms with E-state index in [0.29, 0.717) is 36.5 Å². The van der Waals surface area contributed by atoms with Gasteiger partial charge in [-0.1, -0.05) is 78.3 Å². The number of nitrogens with zero attached hydrogens (tertiary/aromatic N) is 2. The third kappa shape index (κ3) is 8.17. The summed E-state index contributed by atoms with van der Waals surface area (Å²) in [5.41, 5.74) is 5.38. The highest BCUT2D eigenvalue weighted by atomic mass is 35.5. The van der Waals surface area contributed by atoms with Crippen molar-refractivity contribution >= 4 is 52.4 Å². The molecule has 0 fully saturated rings. The number of fused-ring (bicyclic) bond motifs is 1. The SMILES string of the molecule is CCN(CC)C(=O)c1ccccc1CCC(NC(=O)c1ccccc1C(=O)OC)c1cccc(C=Cc2ccc3ccc(Cl)cc3n2)c1. The average molecular weight is 660 g/mol. The summed E-state index contributed by atoms with van der Waals surface area (Å²) < 4.78 is 4.93. The number of methoxy groups -OCH3 is 1. The maximum atomic E-state index is 13.7. The third-order valence-electron chi connectivity index (χ3n) is 8.32. The molecule has 1 heterocycles. The molecule has 0 aliphatic carbocycles. The molecule has 8 heteroatoms. The van der Waals surface area contributed by atoms with Gasteiger partial charge >= 0.3 is 5.97 Å². The van der Waals surface area contributed by atoms with Crippen LogP contribution < -0.4 is 5.32 Å². The first-order valence-corrected chi connectivity index (χ1v) is 16.4. The van der Waals surface area contributed by atoms with Crippen molar-refractivity contribution in [3.8, 4) is 0 Å². The monoisotopic (exact) mass is 659 g/mol. The van der Waals surface area contributed by atoms with Crippen LogP contribution in [0.1, 0.15) is 79.8 Å². The number of carbonyl (C=O) groups is 3. The molecule has 0 saturated carbocycles. The largest absolute Gasteiger partial charge is 0.465 e. The van der Waals surface area contributed by atoms with Crippen LogP contribution in [0.5, 0.6) is 0 Å². The molecule has 0 spiro atoms. The predicted molar refractivity (Wildman–Crippen MR) is 192 cm³/mol. The van der Waals surface area contributed by atoms with Gasteiger partial charge in [0.25, 0.3) is 11.8 Å². The lowest BCUT2D eigenvalue weighted by Gasteiger charge is -2.23. The summed E-state index contributed by atoms with van der Waals surface area (Å²) in [7, 11) is 1.29. The van der Waals surface area contributed by atoms with Crippen molar-refractivity contribution in [2.75, 3.05) is 20.2 Å². The van der Waals surface area contributed by atoms with E-state index in [1.807, 2.05) is 105 Å². The molecule has 0 radical (unpaired) electrons. The van der Waals surface area contributed by atoms with Crippen molar-refractivity contribution in [2.45, 2.75) is 32.7 Å². The molecular formula is C40H38ClN3O4. The Bertz CT molecular complexity index is 1970. The van der Waals surface area contributed by atoms with Crippen LogP contribution in [0.25, 0.3) is 23.1 Å². The Morgan fingerprint density at radius 2 is 1.54 bits per heavy atom. The molecule has 2 amide bonds. The van der Waals surface area contributed by atoms with E-state index in [9.17, 15) is 14.4 Å². The summed E-state index contributed by atoms with van der Waals surface area (Å²) >= 11 is 6.18. The molecule has 1 unspecified atom stereocenters. The molecule has 5 rings (SSSR count). The van der Waals surface area contributed by atoms with Crippen molar-refractivity contribution in [2.24, 2.45) is 0 Å². The number of pyridine rings is 1. The minimum absolute atomic E-state index is 0.0140. The van der Waals surface area contributed by atoms with Gasteiger partial charge in [-0.15, -0.1) is 0 Å². The van der Waals surface area contributed by atoms with Crippen molar-refractivity contribution < 1.29 is 19.1 Å². The lowest BCUT2D eigenvalue weighted by atomic mass is 9.94. The van der Waals surface area contributed by atoms with Crippen LogP contribution in [0, 0.1) is 0 Å². The van der Waals surface area contributed by atoms with E-state index < -0.39 is 17.9 Å². The van der Waals surface area contributed by atoms with Gasteiger partial charge in [-0.3, -0.25) is 9.59 Å². The number of rotatable bonds is 12. The number of aryl methyl sites for hydroxylation is 1. The van der Waals surface area contributed by atoms with Gasteiger partial charge in [0.1, 0.15) is 0 Å². The lowest BCUT2D eigenvalue weighted by molar-refractivity contribution is 0.0595. The van der Waals surface area contributed by atoms with Crippen LogP contribution in [-0.4, -0.2) is 47.9 Å². The van der Waals surface area contributed by atoms with E-state index in [1.165, 1.54) is 7.11 Å². The quantitative estimate of drug-likeness (QED) is 0.136. The van der Waals surface area contributed by atoms with Crippen LogP contribution in [0.15, 0.2) is 103 Å². The maximum Gasteiger partial charge on any atom is 0.338 e. The van der Waals surface area contributed by atoms with E-state index in [0.717, 1.165) is 33.3 Å². The number of hydrogen-bond donors (Lipinski definition) is 1. The van der Waals surface area contributed by atoms with Crippen molar-refractivity contribution in [3.05, 3.63) is 147 Å². The van der Waals surface area contributed by atoms with Crippen LogP contribution in [-0.2, 0) is 11.2 Å². The molecular weight excluding hydrogens is 622 g/mol. The van der Waals surface area contributed by atoms with Crippen LogP contribution >= 0.6 is 11.6 Å². The zero-order valence-corrected chi connectivity index (χ0v) is 28.0. The molecule has 7 nitrogen and oxygen atoms in total. The molecule has 1 atom stereocenters. The number of nitrogens with one attached hydrogen (secondary N) is 1. The first-order chi connectivity index (χ1) is 23.3. The van der Waals surface area contributed by atoms with E-state index >= 15 is 0 Å². The molecule has 244 valence electrons. The zero-order valence-electron chi connectivity index (χ0n) is 27.3. The number of aromatic nitrogens is 1. The molecule has 0 aliphatic heterocycles. The Labute approximate surface area is 286 Å². The summed E-state index contributed by atoms with van der Waals surface area (Å²) in [4.78, 5) is 46.1. The normalized spacial score (nSPS) is 11.8. The third-order valence-corrected chi connectivity index (χ3v) is 8.55. The van der Waals surface area contributed by atoms with Gasteiger partial charge in [-0.05, 0) is 91.9 Å². The predicted octanol–water partition coefficient (Wildman–Crippen LogP) is 8.43. The summed E-state index contributed by atoms with van der Waals surface area (Å²) in [6.07, 6.45) is 4.96. The maximum absolute atomic E-state index is 13.7. The number of esters is 1. The molecule has 1 aromatic heterocycles. The lowest BCUT2D eigenvalue weighted by Crippen LogP contribution is -2.32. The Hall–Kier alpha value is -5.27. The standard InChI is InChI=1S/C40H38ClN3O4/c1-4-44(5-2)39(46)33-14-7-6-12-28(33)20-24-36(43-38(45)34-15-8-9-16-35(34)40(47)48-3)30-13-10-11-27(25-30)17-22-32-23-19-29-18-21-31(41)26-37(29)42-32/h6-19,21-23,25-26,36H,4-5,20,24H2,1-3H3,(H,43,45). The van der Waals surface area contributed by atoms with E-state index in [1.54, 1.807) is 29.2 Å². The van der Waals surface area contributed by atoms with E-state index in [2.05, 4.69) is 5.32 Å². The molecule has 0 saturated heterocycles. The highest BCUT2D eigenvalue weighted by Crippen LogP contribution is 2.25. The number of halogens is 1. The van der Waals surface area contributed by atoms with Crippen molar-refractivity contribution in [1.29, 1.82) is 0 Å². The zero-order chi connectivity index (χ0) is 34.0. The highest BCUT2D eigenvalue weighted by Gasteiger charge is 2.23. The fourth-order valence-electron chi connectivity index (χ4n) is 5.72. The highest BCUT2D eigenvalue weighted by molar-refractivity contribution is 6.31. The van der Waals surface area contributed by atoms with Gasteiger partial charge in [-0.25, -0.2) is 9.78 Å². The van der Waals surface area contributed by atoms with Crippen LogP contribution in [0.3, 0.4) is 0 Å². The Balaban J connectivity index is 1.45. The number of carbonyl (C=O) groups excluding carboxylic acids is 3. The second-order valence-electron chi connectivity index (χ2n) is 11.3. The van der Waals surface area contributed by atoms with Gasteiger partial charge in [-0.2, -0.15) is 0 Å². The molecule has 1 N–H and O–H groups in total. The number of amides is 2. The minimum atomic E-state index is -0.585. The Morgan fingerprint density at radius 3 is 2.29 bits per heavy atom. The van der Waals surface area contributed by atoms with Crippen molar-refractivity contribution in [1.82, 2.24) is 15.2 Å². The van der Waals surface area contributed by atoms with Crippen LogP contribution in [0.2, 0.25) is 5.02 Å². The van der Waals surface area contributed by atoms with Crippen molar-refractivity contribution in [3.63, 3.8) is 0 Å². The fourth-order valence-corrected chi connectivity index (χ4v) is 5.88. The van der Waals surface area contributed by atoms with Gasteiger partial charge < -0.3 is 15.0 Å². The summed E-state index contributed by atoms with van der Waals surface area (Å²) in [5.74, 6) is -0.994. The Kier molecular flexibility index (Phi) is 11.4. The molecule has 0 aliphatic rings. The van der Waals surface area contributed by atoms with E-state index in [-0.39, 0.29) is 17.0 Å². The second kappa shape index (κ2) is 16.0. The van der Waals surface area contributed by atoms with Gasteiger partial charge in [0.2, 0.25) is 0 Å². The van der Waals surface area contributed by atoms with E-state index in [4.69, 9.17) is 21.3 Å². The first-order valence-electron chi connectivity index (χ1n) is 16.0. The number of ether oxygens (including phenoxy) is 1. The summed E-state index contributed by atoms with van der Waals surface area (Å²) in [6, 6.07) is 31.3. The fraction of sp³-hybridized carbons (Fsp3) is 0.200. The van der Waals surface area contributed by atoms with Gasteiger partial charge in [0.15, 0.2) is 0 Å². The summed E-state index contributed by atoms with van der Waals surface area (Å²) in [6.45, 7) is 5.17. The minimum Gasteiger partial charge on any atom is -0.465 e. The molecule has 5 aromatic rings. The second-order valence-corrected chi connectivity index (χ2v) is 11.7. The van der Waals surface area contributed by atoms with Gasteiger partial charge in [0, 0.05) is 29.1 Å². The smallest absolute Gasteiger partial charge is 0.338 e. The van der Waals surface area contributed by atoms with Gasteiger partial charge in [0.05, 0.1) is 35.5 Å². The number of benzene rings is 4. The van der Waals surface area contributed by atoms with Crippen LogP contribution in [0.4, 0.5) is 0 Å². The Morgan fingerprint density at radius 1 is 0.833 bits per heavy atom. The topological polar surface area (TPSA) is 88.6 Å². The first kappa shape index (κ1) is 34.1. The average Bonchev–Trinajstić information content (AvgIpc) is 3.12.